The van der Waals surface area contributed by atoms with E-state index < -0.39 is 5.97 Å². The Labute approximate surface area is 82.7 Å². The minimum absolute atomic E-state index is 0.198. The first-order valence-electron chi connectivity index (χ1n) is 4.72. The summed E-state index contributed by atoms with van der Waals surface area (Å²) in [7, 11) is 0. The molecule has 1 aromatic heterocycles. The van der Waals surface area contributed by atoms with Crippen molar-refractivity contribution >= 4 is 5.97 Å². The molecule has 0 saturated heterocycles. The maximum absolute atomic E-state index is 10.3. The van der Waals surface area contributed by atoms with E-state index in [2.05, 4.69) is 10.3 Å². The second-order valence-electron chi connectivity index (χ2n) is 3.51. The van der Waals surface area contributed by atoms with E-state index in [1.165, 1.54) is 0 Å². The van der Waals surface area contributed by atoms with Crippen LogP contribution in [-0.2, 0) is 11.2 Å². The van der Waals surface area contributed by atoms with Crippen LogP contribution in [0, 0.1) is 0 Å². The van der Waals surface area contributed by atoms with E-state index >= 15 is 0 Å². The van der Waals surface area contributed by atoms with Gasteiger partial charge in [0.1, 0.15) is 0 Å². The lowest BCUT2D eigenvalue weighted by Gasteiger charge is -2.08. The molecule has 0 unspecified atom stereocenters. The van der Waals surface area contributed by atoms with Crippen molar-refractivity contribution < 1.29 is 9.90 Å². The third kappa shape index (κ3) is 2.83. The number of carboxylic acid groups (broad SMARTS) is 1. The lowest BCUT2D eigenvalue weighted by atomic mass is 10.2. The van der Waals surface area contributed by atoms with E-state index in [4.69, 9.17) is 5.11 Å². The second kappa shape index (κ2) is 4.74. The average molecular weight is 197 g/mol. The van der Waals surface area contributed by atoms with Crippen LogP contribution in [-0.4, -0.2) is 26.1 Å². The molecule has 1 N–H and O–H groups in total. The standard InChI is InChI=1S/C9H15N3O2/c1-7(2)12-8(6-10-11-12)4-3-5-9(13)14/h6-7H,3-5H2,1-2H3,(H,13,14). The molecule has 0 atom stereocenters. The van der Waals surface area contributed by atoms with Gasteiger partial charge in [0.2, 0.25) is 0 Å². The van der Waals surface area contributed by atoms with Crippen molar-refractivity contribution in [2.75, 3.05) is 0 Å². The van der Waals surface area contributed by atoms with Crippen LogP contribution in [0.3, 0.4) is 0 Å². The van der Waals surface area contributed by atoms with Crippen LogP contribution in [0.2, 0.25) is 0 Å². The van der Waals surface area contributed by atoms with Gasteiger partial charge in [-0.1, -0.05) is 5.21 Å². The minimum atomic E-state index is -0.756. The van der Waals surface area contributed by atoms with E-state index in [0.29, 0.717) is 6.42 Å². The van der Waals surface area contributed by atoms with Crippen LogP contribution < -0.4 is 0 Å². The highest BCUT2D eigenvalue weighted by Crippen LogP contribution is 2.09. The van der Waals surface area contributed by atoms with Crippen LogP contribution in [0.5, 0.6) is 0 Å². The molecule has 0 spiro atoms. The Hall–Kier alpha value is -1.39. The molecular formula is C9H15N3O2. The van der Waals surface area contributed by atoms with Gasteiger partial charge in [-0.3, -0.25) is 4.79 Å². The molecule has 0 saturated carbocycles. The third-order valence-electron chi connectivity index (χ3n) is 1.96. The van der Waals surface area contributed by atoms with E-state index in [9.17, 15) is 4.79 Å². The van der Waals surface area contributed by atoms with E-state index in [-0.39, 0.29) is 12.5 Å². The average Bonchev–Trinajstić information content (AvgIpc) is 2.51. The maximum Gasteiger partial charge on any atom is 0.303 e. The number of hydrogen-bond donors (Lipinski definition) is 1. The Balaban J connectivity index is 2.50. The zero-order valence-electron chi connectivity index (χ0n) is 8.47. The van der Waals surface area contributed by atoms with Gasteiger partial charge in [-0.15, -0.1) is 5.10 Å². The number of aromatic nitrogens is 3. The number of aryl methyl sites for hydroxylation is 1. The van der Waals surface area contributed by atoms with Crippen LogP contribution >= 0.6 is 0 Å². The van der Waals surface area contributed by atoms with E-state index in [0.717, 1.165) is 12.1 Å². The highest BCUT2D eigenvalue weighted by molar-refractivity contribution is 5.66. The first kappa shape index (κ1) is 10.7. The summed E-state index contributed by atoms with van der Waals surface area (Å²) < 4.78 is 1.82. The first-order chi connectivity index (χ1) is 6.61. The molecule has 0 aliphatic rings. The summed E-state index contributed by atoms with van der Waals surface area (Å²) in [5.41, 5.74) is 1.00. The smallest absolute Gasteiger partial charge is 0.303 e. The summed E-state index contributed by atoms with van der Waals surface area (Å²) in [6.45, 7) is 4.05. The summed E-state index contributed by atoms with van der Waals surface area (Å²) in [5.74, 6) is -0.756. The summed E-state index contributed by atoms with van der Waals surface area (Å²) in [4.78, 5) is 10.3. The number of aliphatic carboxylic acids is 1. The van der Waals surface area contributed by atoms with Gasteiger partial charge < -0.3 is 5.11 Å². The van der Waals surface area contributed by atoms with Crippen LogP contribution in [0.25, 0.3) is 0 Å². The van der Waals surface area contributed by atoms with Crippen molar-refractivity contribution in [2.24, 2.45) is 0 Å². The normalized spacial score (nSPS) is 10.8. The first-order valence-corrected chi connectivity index (χ1v) is 4.72. The molecule has 0 amide bonds. The molecule has 1 heterocycles. The molecule has 0 radical (unpaired) electrons. The summed E-state index contributed by atoms with van der Waals surface area (Å²) >= 11 is 0. The molecule has 14 heavy (non-hydrogen) atoms. The maximum atomic E-state index is 10.3. The molecule has 0 fully saturated rings. The van der Waals surface area contributed by atoms with Gasteiger partial charge in [0.25, 0.3) is 0 Å². The van der Waals surface area contributed by atoms with Crippen molar-refractivity contribution in [2.45, 2.75) is 39.2 Å². The number of carboxylic acids is 1. The van der Waals surface area contributed by atoms with Crippen molar-refractivity contribution in [1.29, 1.82) is 0 Å². The molecule has 0 aliphatic heterocycles. The van der Waals surface area contributed by atoms with Gasteiger partial charge in [0.05, 0.1) is 11.9 Å². The fourth-order valence-corrected chi connectivity index (χ4v) is 1.30. The zero-order chi connectivity index (χ0) is 10.6. The van der Waals surface area contributed by atoms with E-state index in [1.54, 1.807) is 6.20 Å². The monoisotopic (exact) mass is 197 g/mol. The number of carbonyl (C=O) groups is 1. The molecule has 0 bridgehead atoms. The van der Waals surface area contributed by atoms with Gasteiger partial charge in [0.15, 0.2) is 0 Å². The Bertz CT molecular complexity index is 307. The molecule has 1 aromatic rings. The van der Waals surface area contributed by atoms with Gasteiger partial charge in [-0.05, 0) is 26.7 Å². The van der Waals surface area contributed by atoms with Gasteiger partial charge in [-0.25, -0.2) is 4.68 Å². The topological polar surface area (TPSA) is 68.0 Å². The van der Waals surface area contributed by atoms with Crippen LogP contribution in [0.15, 0.2) is 6.20 Å². The predicted octanol–water partition coefficient (Wildman–Crippen LogP) is 1.27. The van der Waals surface area contributed by atoms with Crippen molar-refractivity contribution in [3.05, 3.63) is 11.9 Å². The Morgan fingerprint density at radius 1 is 1.64 bits per heavy atom. The molecule has 0 aromatic carbocycles. The molecular weight excluding hydrogens is 182 g/mol. The summed E-state index contributed by atoms with van der Waals surface area (Å²) in [6.07, 6.45) is 3.25. The third-order valence-corrected chi connectivity index (χ3v) is 1.96. The lowest BCUT2D eigenvalue weighted by Crippen LogP contribution is -2.08. The highest BCUT2D eigenvalue weighted by atomic mass is 16.4. The highest BCUT2D eigenvalue weighted by Gasteiger charge is 2.07. The van der Waals surface area contributed by atoms with Gasteiger partial charge in [0, 0.05) is 12.5 Å². The minimum Gasteiger partial charge on any atom is -0.481 e. The quantitative estimate of drug-likeness (QED) is 0.771. The Morgan fingerprint density at radius 3 is 2.93 bits per heavy atom. The largest absolute Gasteiger partial charge is 0.481 e. The number of hydrogen-bond acceptors (Lipinski definition) is 3. The van der Waals surface area contributed by atoms with Gasteiger partial charge in [-0.2, -0.15) is 0 Å². The van der Waals surface area contributed by atoms with Gasteiger partial charge >= 0.3 is 5.97 Å². The lowest BCUT2D eigenvalue weighted by molar-refractivity contribution is -0.137. The molecule has 5 heteroatoms. The Kier molecular flexibility index (Phi) is 3.62. The zero-order valence-corrected chi connectivity index (χ0v) is 8.47. The van der Waals surface area contributed by atoms with Crippen molar-refractivity contribution in [3.8, 4) is 0 Å². The molecule has 0 aliphatic carbocycles. The fraction of sp³-hybridized carbons (Fsp3) is 0.667. The molecule has 78 valence electrons. The molecule has 5 nitrogen and oxygen atoms in total. The van der Waals surface area contributed by atoms with Crippen molar-refractivity contribution in [3.63, 3.8) is 0 Å². The fourth-order valence-electron chi connectivity index (χ4n) is 1.30. The SMILES string of the molecule is CC(C)n1nncc1CCCC(=O)O. The number of rotatable bonds is 5. The van der Waals surface area contributed by atoms with Crippen LogP contribution in [0.4, 0.5) is 0 Å². The van der Waals surface area contributed by atoms with E-state index in [1.807, 2.05) is 18.5 Å². The summed E-state index contributed by atoms with van der Waals surface area (Å²) in [5, 5.41) is 16.2. The molecule has 1 rings (SSSR count). The summed E-state index contributed by atoms with van der Waals surface area (Å²) in [6, 6.07) is 0.275. The van der Waals surface area contributed by atoms with Crippen LogP contribution in [0.1, 0.15) is 38.4 Å². The van der Waals surface area contributed by atoms with Crippen molar-refractivity contribution in [1.82, 2.24) is 15.0 Å². The second-order valence-corrected chi connectivity index (χ2v) is 3.51. The Morgan fingerprint density at radius 2 is 2.36 bits per heavy atom. The number of nitrogens with zero attached hydrogens (tertiary/aromatic N) is 3. The predicted molar refractivity (Wildman–Crippen MR) is 51.0 cm³/mol.